The van der Waals surface area contributed by atoms with Crippen LogP contribution in [0.15, 0.2) is 36.7 Å². The topological polar surface area (TPSA) is 50.2 Å². The fraction of sp³-hybridized carbons (Fsp3) is 0.500. The third kappa shape index (κ3) is 4.10. The summed E-state index contributed by atoms with van der Waals surface area (Å²) in [5.41, 5.74) is 2.41. The average molecular weight is 340 g/mol. The maximum absolute atomic E-state index is 12.7. The Hall–Kier alpha value is -2.14. The van der Waals surface area contributed by atoms with E-state index in [4.69, 9.17) is 0 Å². The van der Waals surface area contributed by atoms with E-state index in [1.165, 1.54) is 17.5 Å². The summed E-state index contributed by atoms with van der Waals surface area (Å²) in [6.45, 7) is 6.53. The maximum Gasteiger partial charge on any atom is 0.239 e. The molecule has 1 N–H and O–H groups in total. The van der Waals surface area contributed by atoms with E-state index in [0.29, 0.717) is 12.5 Å². The number of carbonyl (C=O) groups excluding carboxylic acids is 1. The number of nitrogens with zero attached hydrogens (tertiary/aromatic N) is 3. The van der Waals surface area contributed by atoms with Crippen LogP contribution in [0.3, 0.4) is 0 Å². The predicted molar refractivity (Wildman–Crippen MR) is 99.3 cm³/mol. The number of hydrogen-bond acceptors (Lipinski definition) is 3. The van der Waals surface area contributed by atoms with Gasteiger partial charge >= 0.3 is 0 Å². The maximum atomic E-state index is 12.7. The first-order valence-electron chi connectivity index (χ1n) is 9.10. The molecule has 2 aromatic rings. The van der Waals surface area contributed by atoms with E-state index in [1.807, 2.05) is 43.4 Å². The number of imidazole rings is 1. The van der Waals surface area contributed by atoms with Crippen LogP contribution in [-0.4, -0.2) is 40.0 Å². The monoisotopic (exact) mass is 340 g/mol. The Bertz CT molecular complexity index is 724. The molecule has 5 nitrogen and oxygen atoms in total. The van der Waals surface area contributed by atoms with Crippen molar-refractivity contribution in [3.63, 3.8) is 0 Å². The summed E-state index contributed by atoms with van der Waals surface area (Å²) in [5, 5.41) is 3.42. The van der Waals surface area contributed by atoms with Crippen LogP contribution in [0, 0.1) is 6.92 Å². The van der Waals surface area contributed by atoms with Crippen molar-refractivity contribution in [3.8, 4) is 0 Å². The summed E-state index contributed by atoms with van der Waals surface area (Å²) in [5.74, 6) is 1.66. The van der Waals surface area contributed by atoms with Crippen LogP contribution >= 0.6 is 0 Å². The largest absolute Gasteiger partial charge is 0.340 e. The molecule has 0 saturated carbocycles. The van der Waals surface area contributed by atoms with E-state index in [0.717, 1.165) is 25.3 Å². The quantitative estimate of drug-likeness (QED) is 0.880. The molecule has 0 unspecified atom stereocenters. The molecule has 1 aliphatic rings. The van der Waals surface area contributed by atoms with Crippen LogP contribution in [0.2, 0.25) is 0 Å². The minimum absolute atomic E-state index is 0.127. The zero-order chi connectivity index (χ0) is 17.8. The zero-order valence-electron chi connectivity index (χ0n) is 15.4. The Morgan fingerprint density at radius 1 is 1.44 bits per heavy atom. The van der Waals surface area contributed by atoms with Gasteiger partial charge in [0, 0.05) is 45.0 Å². The lowest BCUT2D eigenvalue weighted by Gasteiger charge is -2.27. The molecule has 2 atom stereocenters. The molecular formula is C20H28N4O. The summed E-state index contributed by atoms with van der Waals surface area (Å²) in [7, 11) is 1.88. The molecule has 134 valence electrons. The fourth-order valence-corrected chi connectivity index (χ4v) is 3.56. The van der Waals surface area contributed by atoms with Crippen molar-refractivity contribution in [3.05, 3.63) is 53.6 Å². The smallest absolute Gasteiger partial charge is 0.239 e. The third-order valence-electron chi connectivity index (χ3n) is 5.15. The number of amides is 1. The molecule has 1 aromatic heterocycles. The zero-order valence-corrected chi connectivity index (χ0v) is 15.4. The predicted octanol–water partition coefficient (Wildman–Crippen LogP) is 2.71. The minimum Gasteiger partial charge on any atom is -0.340 e. The number of fused-ring (bicyclic) bond motifs is 1. The molecule has 2 heterocycles. The van der Waals surface area contributed by atoms with Crippen molar-refractivity contribution >= 4 is 5.91 Å². The van der Waals surface area contributed by atoms with Crippen molar-refractivity contribution in [2.75, 3.05) is 13.6 Å². The van der Waals surface area contributed by atoms with Crippen LogP contribution in [0.5, 0.6) is 0 Å². The SMILES string of the molecule is Cc1ccccc1CN(C)C(=O)[C@@H](C)NC[C@@H]1CCCn2ccnc21. The first-order valence-corrected chi connectivity index (χ1v) is 9.10. The molecule has 0 bridgehead atoms. The lowest BCUT2D eigenvalue weighted by molar-refractivity contribution is -0.132. The number of aromatic nitrogens is 2. The normalized spacial score (nSPS) is 17.8. The second kappa shape index (κ2) is 7.83. The second-order valence-electron chi connectivity index (χ2n) is 7.07. The number of aryl methyl sites for hydroxylation is 2. The molecule has 1 amide bonds. The minimum atomic E-state index is -0.195. The lowest BCUT2D eigenvalue weighted by Crippen LogP contribution is -2.44. The van der Waals surface area contributed by atoms with E-state index in [2.05, 4.69) is 33.9 Å². The molecule has 0 saturated heterocycles. The summed E-state index contributed by atoms with van der Waals surface area (Å²) in [4.78, 5) is 19.0. The van der Waals surface area contributed by atoms with Crippen LogP contribution in [0.25, 0.3) is 0 Å². The summed E-state index contributed by atoms with van der Waals surface area (Å²) in [6.07, 6.45) is 6.22. The van der Waals surface area contributed by atoms with Crippen LogP contribution in [0.4, 0.5) is 0 Å². The van der Waals surface area contributed by atoms with Crippen LogP contribution in [0.1, 0.15) is 42.6 Å². The van der Waals surface area contributed by atoms with Gasteiger partial charge < -0.3 is 14.8 Å². The number of hydrogen-bond donors (Lipinski definition) is 1. The van der Waals surface area contributed by atoms with Gasteiger partial charge in [-0.05, 0) is 37.8 Å². The Morgan fingerprint density at radius 2 is 2.24 bits per heavy atom. The number of carbonyl (C=O) groups is 1. The van der Waals surface area contributed by atoms with Gasteiger partial charge in [0.2, 0.25) is 5.91 Å². The van der Waals surface area contributed by atoms with Gasteiger partial charge in [0.05, 0.1) is 6.04 Å². The second-order valence-corrected chi connectivity index (χ2v) is 7.07. The molecule has 1 aromatic carbocycles. The molecule has 0 radical (unpaired) electrons. The van der Waals surface area contributed by atoms with E-state index >= 15 is 0 Å². The lowest BCUT2D eigenvalue weighted by atomic mass is 9.98. The molecular weight excluding hydrogens is 312 g/mol. The molecule has 0 spiro atoms. The Morgan fingerprint density at radius 3 is 3.04 bits per heavy atom. The van der Waals surface area contributed by atoms with Gasteiger partial charge in [0.1, 0.15) is 5.82 Å². The van der Waals surface area contributed by atoms with Gasteiger partial charge in [-0.2, -0.15) is 0 Å². The Labute approximate surface area is 150 Å². The highest BCUT2D eigenvalue weighted by Gasteiger charge is 2.24. The highest BCUT2D eigenvalue weighted by molar-refractivity contribution is 5.81. The van der Waals surface area contributed by atoms with Gasteiger partial charge in [-0.1, -0.05) is 24.3 Å². The van der Waals surface area contributed by atoms with Crippen molar-refractivity contribution < 1.29 is 4.79 Å². The average Bonchev–Trinajstić information content (AvgIpc) is 3.10. The molecule has 0 fully saturated rings. The molecule has 1 aliphatic heterocycles. The molecule has 5 heteroatoms. The Balaban J connectivity index is 1.54. The van der Waals surface area contributed by atoms with E-state index in [9.17, 15) is 4.79 Å². The summed E-state index contributed by atoms with van der Waals surface area (Å²) < 4.78 is 2.23. The van der Waals surface area contributed by atoms with E-state index in [1.54, 1.807) is 0 Å². The standard InChI is InChI=1S/C20H28N4O/c1-15-7-4-5-8-18(15)14-23(3)20(25)16(2)22-13-17-9-6-11-24-12-10-21-19(17)24/h4-5,7-8,10,12,16-17,22H,6,9,11,13-14H2,1-3H3/t16-,17+/m1/s1. The van der Waals surface area contributed by atoms with Gasteiger partial charge in [-0.25, -0.2) is 4.98 Å². The first-order chi connectivity index (χ1) is 12.1. The van der Waals surface area contributed by atoms with Crippen molar-refractivity contribution in [2.24, 2.45) is 0 Å². The van der Waals surface area contributed by atoms with Crippen LogP contribution < -0.4 is 5.32 Å². The summed E-state index contributed by atoms with van der Waals surface area (Å²) in [6, 6.07) is 8.02. The third-order valence-corrected chi connectivity index (χ3v) is 5.15. The van der Waals surface area contributed by atoms with E-state index < -0.39 is 0 Å². The molecule has 3 rings (SSSR count). The van der Waals surface area contributed by atoms with Crippen molar-refractivity contribution in [2.45, 2.75) is 51.7 Å². The first kappa shape index (κ1) is 17.7. The van der Waals surface area contributed by atoms with Crippen molar-refractivity contribution in [1.82, 2.24) is 19.8 Å². The molecule has 0 aliphatic carbocycles. The van der Waals surface area contributed by atoms with Gasteiger partial charge in [0.25, 0.3) is 0 Å². The highest BCUT2D eigenvalue weighted by atomic mass is 16.2. The van der Waals surface area contributed by atoms with E-state index in [-0.39, 0.29) is 11.9 Å². The van der Waals surface area contributed by atoms with Crippen LogP contribution in [-0.2, 0) is 17.9 Å². The summed E-state index contributed by atoms with van der Waals surface area (Å²) >= 11 is 0. The highest BCUT2D eigenvalue weighted by Crippen LogP contribution is 2.25. The number of likely N-dealkylation sites (N-methyl/N-ethyl adjacent to an activating group) is 1. The Kier molecular flexibility index (Phi) is 5.53. The molecule has 25 heavy (non-hydrogen) atoms. The number of nitrogens with one attached hydrogen (secondary N) is 1. The number of benzene rings is 1. The van der Waals surface area contributed by atoms with Gasteiger partial charge in [-0.3, -0.25) is 4.79 Å². The van der Waals surface area contributed by atoms with Gasteiger partial charge in [0.15, 0.2) is 0 Å². The van der Waals surface area contributed by atoms with Gasteiger partial charge in [-0.15, -0.1) is 0 Å². The number of rotatable bonds is 6. The fourth-order valence-electron chi connectivity index (χ4n) is 3.56. The van der Waals surface area contributed by atoms with Crippen molar-refractivity contribution in [1.29, 1.82) is 0 Å².